The van der Waals surface area contributed by atoms with Gasteiger partial charge < -0.3 is 15.3 Å². The first kappa shape index (κ1) is 18.5. The van der Waals surface area contributed by atoms with E-state index in [1.807, 2.05) is 6.08 Å². The SMILES string of the molecule is C[C@@H]1[C@@H](Cl)[C@H](O)[C@@H]2C[C@H](CO)C[C@H](C)[C@H]2[C@@H]1/C=C/C=C/C(=O)O. The van der Waals surface area contributed by atoms with Gasteiger partial charge in [-0.2, -0.15) is 0 Å². The fourth-order valence-electron chi connectivity index (χ4n) is 4.67. The Balaban J connectivity index is 2.23. The molecule has 23 heavy (non-hydrogen) atoms. The number of rotatable bonds is 4. The van der Waals surface area contributed by atoms with Crippen molar-refractivity contribution in [1.29, 1.82) is 0 Å². The molecule has 0 radical (unpaired) electrons. The van der Waals surface area contributed by atoms with Gasteiger partial charge in [-0.25, -0.2) is 4.79 Å². The van der Waals surface area contributed by atoms with Crippen molar-refractivity contribution >= 4 is 17.6 Å². The third-order valence-corrected chi connectivity index (χ3v) is 6.38. The quantitative estimate of drug-likeness (QED) is 0.417. The first-order chi connectivity index (χ1) is 10.9. The summed E-state index contributed by atoms with van der Waals surface area (Å²) in [6, 6.07) is 0. The molecule has 0 heterocycles. The van der Waals surface area contributed by atoms with E-state index in [2.05, 4.69) is 13.8 Å². The molecule has 5 heteroatoms. The summed E-state index contributed by atoms with van der Waals surface area (Å²) in [7, 11) is 0. The third-order valence-electron chi connectivity index (χ3n) is 5.72. The highest BCUT2D eigenvalue weighted by Gasteiger charge is 2.51. The average molecular weight is 343 g/mol. The lowest BCUT2D eigenvalue weighted by Gasteiger charge is -2.53. The number of aliphatic hydroxyl groups excluding tert-OH is 2. The van der Waals surface area contributed by atoms with Gasteiger partial charge in [0.05, 0.1) is 11.5 Å². The Morgan fingerprint density at radius 2 is 1.96 bits per heavy atom. The first-order valence-corrected chi connectivity index (χ1v) is 8.81. The fraction of sp³-hybridized carbons (Fsp3) is 0.722. The molecule has 2 aliphatic carbocycles. The summed E-state index contributed by atoms with van der Waals surface area (Å²) in [6.07, 6.45) is 7.67. The lowest BCUT2D eigenvalue weighted by Crippen LogP contribution is -2.53. The molecule has 0 aromatic carbocycles. The molecule has 0 aromatic heterocycles. The van der Waals surface area contributed by atoms with Crippen molar-refractivity contribution in [2.45, 2.75) is 38.2 Å². The third kappa shape index (κ3) is 3.98. The second kappa shape index (κ2) is 7.82. The van der Waals surface area contributed by atoms with Crippen LogP contribution in [-0.4, -0.2) is 39.4 Å². The van der Waals surface area contributed by atoms with Gasteiger partial charge in [0.2, 0.25) is 0 Å². The standard InChI is InChI=1S/C18H27ClO4/c1-10-7-12(9-20)8-14-16(10)13(5-3-4-6-15(21)22)11(2)17(19)18(14)23/h3-6,10-14,16-18,20,23H,7-9H2,1-2H3,(H,21,22)/b5-3+,6-4+/t10-,11-,12+,13+,14+,16-,17+,18+/m0/s1. The zero-order chi connectivity index (χ0) is 17.1. The molecule has 0 aliphatic heterocycles. The Hall–Kier alpha value is -0.840. The number of halogens is 1. The van der Waals surface area contributed by atoms with Gasteiger partial charge in [-0.15, -0.1) is 11.6 Å². The van der Waals surface area contributed by atoms with Crippen LogP contribution < -0.4 is 0 Å². The molecule has 0 spiro atoms. The molecule has 130 valence electrons. The minimum atomic E-state index is -0.966. The maximum atomic E-state index is 10.6. The van der Waals surface area contributed by atoms with E-state index in [4.69, 9.17) is 16.7 Å². The van der Waals surface area contributed by atoms with E-state index in [-0.39, 0.29) is 35.7 Å². The second-order valence-corrected chi connectivity index (χ2v) is 7.70. The molecule has 2 rings (SSSR count). The summed E-state index contributed by atoms with van der Waals surface area (Å²) in [6.45, 7) is 4.39. The topological polar surface area (TPSA) is 77.8 Å². The van der Waals surface area contributed by atoms with E-state index in [1.165, 1.54) is 6.08 Å². The molecule has 0 saturated heterocycles. The smallest absolute Gasteiger partial charge is 0.328 e. The molecule has 0 bridgehead atoms. The highest BCUT2D eigenvalue weighted by atomic mass is 35.5. The van der Waals surface area contributed by atoms with Crippen LogP contribution in [0, 0.1) is 35.5 Å². The first-order valence-electron chi connectivity index (χ1n) is 8.37. The molecule has 2 aliphatic rings. The summed E-state index contributed by atoms with van der Waals surface area (Å²) in [4.78, 5) is 10.6. The van der Waals surface area contributed by atoms with Crippen molar-refractivity contribution in [3.05, 3.63) is 24.3 Å². The van der Waals surface area contributed by atoms with E-state index in [0.29, 0.717) is 11.8 Å². The van der Waals surface area contributed by atoms with Crippen LogP contribution in [0.5, 0.6) is 0 Å². The van der Waals surface area contributed by atoms with E-state index in [1.54, 1.807) is 6.08 Å². The molecule has 2 fully saturated rings. The van der Waals surface area contributed by atoms with Gasteiger partial charge in [0.15, 0.2) is 0 Å². The van der Waals surface area contributed by atoms with Gasteiger partial charge in [-0.3, -0.25) is 0 Å². The van der Waals surface area contributed by atoms with Crippen LogP contribution in [0.25, 0.3) is 0 Å². The number of alkyl halides is 1. The van der Waals surface area contributed by atoms with Gasteiger partial charge in [-0.1, -0.05) is 32.1 Å². The molecule has 0 unspecified atom stereocenters. The number of carbonyl (C=O) groups is 1. The molecular formula is C18H27ClO4. The number of aliphatic hydroxyl groups is 2. The van der Waals surface area contributed by atoms with Gasteiger partial charge in [-0.05, 0) is 48.3 Å². The fourth-order valence-corrected chi connectivity index (χ4v) is 5.02. The summed E-state index contributed by atoms with van der Waals surface area (Å²) < 4.78 is 0. The Morgan fingerprint density at radius 3 is 2.57 bits per heavy atom. The monoisotopic (exact) mass is 342 g/mol. The van der Waals surface area contributed by atoms with Gasteiger partial charge in [0.1, 0.15) is 0 Å². The van der Waals surface area contributed by atoms with Crippen LogP contribution in [0.15, 0.2) is 24.3 Å². The van der Waals surface area contributed by atoms with Crippen LogP contribution >= 0.6 is 11.6 Å². The minimum absolute atomic E-state index is 0.0905. The van der Waals surface area contributed by atoms with Crippen molar-refractivity contribution in [1.82, 2.24) is 0 Å². The maximum Gasteiger partial charge on any atom is 0.328 e. The average Bonchev–Trinajstić information content (AvgIpc) is 2.51. The van der Waals surface area contributed by atoms with E-state index >= 15 is 0 Å². The zero-order valence-corrected chi connectivity index (χ0v) is 14.4. The molecule has 0 aromatic rings. The van der Waals surface area contributed by atoms with Crippen LogP contribution in [0.1, 0.15) is 26.7 Å². The van der Waals surface area contributed by atoms with Crippen LogP contribution in [0.3, 0.4) is 0 Å². The van der Waals surface area contributed by atoms with E-state index in [0.717, 1.165) is 18.9 Å². The number of hydrogen-bond donors (Lipinski definition) is 3. The van der Waals surface area contributed by atoms with Crippen molar-refractivity contribution in [2.24, 2.45) is 35.5 Å². The zero-order valence-electron chi connectivity index (χ0n) is 13.7. The van der Waals surface area contributed by atoms with Gasteiger partial charge in [0.25, 0.3) is 0 Å². The Kier molecular flexibility index (Phi) is 6.29. The summed E-state index contributed by atoms with van der Waals surface area (Å²) in [5.41, 5.74) is 0. The summed E-state index contributed by atoms with van der Waals surface area (Å²) in [5.74, 6) is 0.390. The maximum absolute atomic E-state index is 10.6. The van der Waals surface area contributed by atoms with E-state index < -0.39 is 12.1 Å². The van der Waals surface area contributed by atoms with Crippen molar-refractivity contribution in [2.75, 3.05) is 6.61 Å². The predicted molar refractivity (Wildman–Crippen MR) is 90.2 cm³/mol. The normalized spacial score (nSPS) is 44.6. The van der Waals surface area contributed by atoms with Crippen LogP contribution in [0.2, 0.25) is 0 Å². The Labute approximate surface area is 142 Å². The number of allylic oxidation sites excluding steroid dienone is 3. The molecule has 2 saturated carbocycles. The lowest BCUT2D eigenvalue weighted by molar-refractivity contribution is -0.131. The molecule has 8 atom stereocenters. The number of carboxylic acids is 1. The molecule has 4 nitrogen and oxygen atoms in total. The molecule has 3 N–H and O–H groups in total. The summed E-state index contributed by atoms with van der Waals surface area (Å²) >= 11 is 6.48. The Bertz CT molecular complexity index is 476. The number of carboxylic acid groups (broad SMARTS) is 1. The second-order valence-electron chi connectivity index (χ2n) is 7.19. The van der Waals surface area contributed by atoms with E-state index in [9.17, 15) is 15.0 Å². The van der Waals surface area contributed by atoms with Gasteiger partial charge in [0, 0.05) is 12.7 Å². The highest BCUT2D eigenvalue weighted by Crippen LogP contribution is 2.52. The molecule has 0 amide bonds. The molecular weight excluding hydrogens is 316 g/mol. The number of fused-ring (bicyclic) bond motifs is 1. The highest BCUT2D eigenvalue weighted by molar-refractivity contribution is 6.21. The minimum Gasteiger partial charge on any atom is -0.478 e. The lowest BCUT2D eigenvalue weighted by atomic mass is 9.55. The number of hydrogen-bond acceptors (Lipinski definition) is 3. The Morgan fingerprint density at radius 1 is 1.26 bits per heavy atom. The number of aliphatic carboxylic acids is 1. The van der Waals surface area contributed by atoms with Crippen LogP contribution in [-0.2, 0) is 4.79 Å². The van der Waals surface area contributed by atoms with Crippen molar-refractivity contribution < 1.29 is 20.1 Å². The largest absolute Gasteiger partial charge is 0.478 e. The summed E-state index contributed by atoms with van der Waals surface area (Å²) in [5, 5.41) is 28.5. The van der Waals surface area contributed by atoms with Gasteiger partial charge >= 0.3 is 5.97 Å². The van der Waals surface area contributed by atoms with Crippen LogP contribution in [0.4, 0.5) is 0 Å². The van der Waals surface area contributed by atoms with Crippen molar-refractivity contribution in [3.63, 3.8) is 0 Å². The predicted octanol–water partition coefficient (Wildman–Crippen LogP) is 2.69. The van der Waals surface area contributed by atoms with Crippen molar-refractivity contribution in [3.8, 4) is 0 Å².